The lowest BCUT2D eigenvalue weighted by atomic mass is 9.88. The Bertz CT molecular complexity index is 1210. The third kappa shape index (κ3) is 6.36. The molecule has 0 saturated heterocycles. The van der Waals surface area contributed by atoms with Crippen LogP contribution in [0, 0.1) is 5.92 Å². The van der Waals surface area contributed by atoms with E-state index >= 15 is 0 Å². The molecule has 2 heterocycles. The average Bonchev–Trinajstić information content (AvgIpc) is 2.91. The predicted octanol–water partition coefficient (Wildman–Crippen LogP) is 5.42. The van der Waals surface area contributed by atoms with Crippen LogP contribution in [-0.4, -0.2) is 41.0 Å². The molecule has 0 aliphatic heterocycles. The molecule has 1 aromatic carbocycles. The lowest BCUT2D eigenvalue weighted by molar-refractivity contribution is -0.131. The van der Waals surface area contributed by atoms with E-state index in [0.717, 1.165) is 54.3 Å². The van der Waals surface area contributed by atoms with Crippen molar-refractivity contribution in [2.45, 2.75) is 38.6 Å². The topological polar surface area (TPSA) is 86.6 Å². The standard InChI is InChI=1S/C29H32N4O3/c1-32(2)26-14-13-25(19-31-26)23-11-8-22(9-12-23)20-33(29(36)24-6-4-3-5-7-24)27-18-21(16-17-30-27)10-15-28(34)35/h8-19,24H,3-7,20H2,1-2H3,(H,34,35). The molecule has 0 unspecified atom stereocenters. The van der Waals surface area contributed by atoms with E-state index in [2.05, 4.69) is 16.0 Å². The Hall–Kier alpha value is -4.00. The number of anilines is 2. The number of aliphatic carboxylic acids is 1. The van der Waals surface area contributed by atoms with Gasteiger partial charge in [-0.05, 0) is 59.9 Å². The molecule has 186 valence electrons. The lowest BCUT2D eigenvalue weighted by Crippen LogP contribution is -2.37. The Balaban J connectivity index is 1.58. The second-order valence-corrected chi connectivity index (χ2v) is 9.37. The molecule has 3 aromatic rings. The van der Waals surface area contributed by atoms with Gasteiger partial charge in [-0.15, -0.1) is 0 Å². The van der Waals surface area contributed by atoms with Crippen LogP contribution in [0.25, 0.3) is 17.2 Å². The fourth-order valence-electron chi connectivity index (χ4n) is 4.50. The minimum atomic E-state index is -1.02. The van der Waals surface area contributed by atoms with Crippen LogP contribution in [0.3, 0.4) is 0 Å². The molecule has 0 atom stereocenters. The molecule has 0 spiro atoms. The molecule has 1 N–H and O–H groups in total. The second kappa shape index (κ2) is 11.6. The van der Waals surface area contributed by atoms with Crippen molar-refractivity contribution in [3.8, 4) is 11.1 Å². The van der Waals surface area contributed by atoms with E-state index in [-0.39, 0.29) is 11.8 Å². The number of carbonyl (C=O) groups excluding carboxylic acids is 1. The van der Waals surface area contributed by atoms with Crippen molar-refractivity contribution in [3.05, 3.63) is 78.1 Å². The fourth-order valence-corrected chi connectivity index (χ4v) is 4.50. The minimum absolute atomic E-state index is 0.0145. The van der Waals surface area contributed by atoms with Gasteiger partial charge in [0.05, 0.1) is 6.54 Å². The Morgan fingerprint density at radius 2 is 1.67 bits per heavy atom. The van der Waals surface area contributed by atoms with Crippen molar-refractivity contribution in [1.29, 1.82) is 0 Å². The van der Waals surface area contributed by atoms with Gasteiger partial charge in [0.1, 0.15) is 11.6 Å². The van der Waals surface area contributed by atoms with Crippen molar-refractivity contribution in [2.75, 3.05) is 23.9 Å². The van der Waals surface area contributed by atoms with E-state index in [1.807, 2.05) is 55.5 Å². The zero-order valence-corrected chi connectivity index (χ0v) is 20.8. The van der Waals surface area contributed by atoms with Crippen LogP contribution in [0.2, 0.25) is 0 Å². The average molecular weight is 485 g/mol. The summed E-state index contributed by atoms with van der Waals surface area (Å²) in [6.07, 6.45) is 11.2. The van der Waals surface area contributed by atoms with E-state index in [0.29, 0.717) is 17.9 Å². The highest BCUT2D eigenvalue weighted by atomic mass is 16.4. The normalized spacial score (nSPS) is 14.1. The van der Waals surface area contributed by atoms with E-state index < -0.39 is 5.97 Å². The van der Waals surface area contributed by atoms with E-state index in [1.54, 1.807) is 23.2 Å². The van der Waals surface area contributed by atoms with Crippen molar-refractivity contribution in [1.82, 2.24) is 9.97 Å². The van der Waals surface area contributed by atoms with Gasteiger partial charge in [0, 0.05) is 44.0 Å². The summed E-state index contributed by atoms with van der Waals surface area (Å²) in [5.74, 6) is 0.481. The maximum Gasteiger partial charge on any atom is 0.328 e. The molecule has 1 saturated carbocycles. The molecular weight excluding hydrogens is 452 g/mol. The zero-order chi connectivity index (χ0) is 25.5. The minimum Gasteiger partial charge on any atom is -0.478 e. The molecule has 7 nitrogen and oxygen atoms in total. The number of carboxylic acids is 1. The highest BCUT2D eigenvalue weighted by molar-refractivity contribution is 5.94. The molecule has 0 radical (unpaired) electrons. The Morgan fingerprint density at radius 3 is 2.31 bits per heavy atom. The summed E-state index contributed by atoms with van der Waals surface area (Å²) in [6.45, 7) is 0.395. The number of hydrogen-bond acceptors (Lipinski definition) is 5. The largest absolute Gasteiger partial charge is 0.478 e. The summed E-state index contributed by atoms with van der Waals surface area (Å²) in [7, 11) is 3.92. The summed E-state index contributed by atoms with van der Waals surface area (Å²) >= 11 is 0. The molecule has 7 heteroatoms. The van der Waals surface area contributed by atoms with Crippen molar-refractivity contribution in [3.63, 3.8) is 0 Å². The Kier molecular flexibility index (Phi) is 8.10. The first-order chi connectivity index (χ1) is 17.4. The van der Waals surface area contributed by atoms with Crippen LogP contribution in [0.15, 0.2) is 67.0 Å². The molecule has 1 amide bonds. The first kappa shape index (κ1) is 25.1. The number of rotatable bonds is 8. The van der Waals surface area contributed by atoms with Crippen molar-refractivity contribution >= 4 is 29.6 Å². The number of benzene rings is 1. The quantitative estimate of drug-likeness (QED) is 0.430. The number of amides is 1. The summed E-state index contributed by atoms with van der Waals surface area (Å²) < 4.78 is 0. The predicted molar refractivity (Wildman–Crippen MR) is 143 cm³/mol. The summed E-state index contributed by atoms with van der Waals surface area (Å²) in [5, 5.41) is 8.98. The molecule has 2 aromatic heterocycles. The number of nitrogens with zero attached hydrogens (tertiary/aromatic N) is 4. The number of carboxylic acid groups (broad SMARTS) is 1. The summed E-state index contributed by atoms with van der Waals surface area (Å²) in [6, 6.07) is 15.7. The molecule has 1 aliphatic rings. The third-order valence-electron chi connectivity index (χ3n) is 6.52. The van der Waals surface area contributed by atoms with E-state index in [9.17, 15) is 9.59 Å². The van der Waals surface area contributed by atoms with Crippen molar-refractivity contribution < 1.29 is 14.7 Å². The van der Waals surface area contributed by atoms with Crippen LogP contribution in [0.5, 0.6) is 0 Å². The van der Waals surface area contributed by atoms with Gasteiger partial charge in [0.2, 0.25) is 5.91 Å². The highest BCUT2D eigenvalue weighted by Gasteiger charge is 2.28. The smallest absolute Gasteiger partial charge is 0.328 e. The van der Waals surface area contributed by atoms with Crippen LogP contribution in [0.1, 0.15) is 43.2 Å². The van der Waals surface area contributed by atoms with Gasteiger partial charge in [0.25, 0.3) is 0 Å². The van der Waals surface area contributed by atoms with Gasteiger partial charge < -0.3 is 10.0 Å². The number of pyridine rings is 2. The molecule has 4 rings (SSSR count). The number of hydrogen-bond donors (Lipinski definition) is 1. The van der Waals surface area contributed by atoms with Crippen LogP contribution >= 0.6 is 0 Å². The number of aromatic nitrogens is 2. The zero-order valence-electron chi connectivity index (χ0n) is 20.8. The van der Waals surface area contributed by atoms with Crippen LogP contribution < -0.4 is 9.80 Å². The molecular formula is C29H32N4O3. The van der Waals surface area contributed by atoms with Gasteiger partial charge in [-0.3, -0.25) is 9.69 Å². The first-order valence-electron chi connectivity index (χ1n) is 12.3. The maximum atomic E-state index is 13.6. The van der Waals surface area contributed by atoms with Gasteiger partial charge in [-0.25, -0.2) is 14.8 Å². The van der Waals surface area contributed by atoms with Gasteiger partial charge >= 0.3 is 5.97 Å². The van der Waals surface area contributed by atoms with Crippen LogP contribution in [-0.2, 0) is 16.1 Å². The van der Waals surface area contributed by atoms with Gasteiger partial charge in [-0.2, -0.15) is 0 Å². The van der Waals surface area contributed by atoms with Crippen LogP contribution in [0.4, 0.5) is 11.6 Å². The number of carbonyl (C=O) groups is 2. The molecule has 1 aliphatic carbocycles. The Morgan fingerprint density at radius 1 is 0.944 bits per heavy atom. The monoisotopic (exact) mass is 484 g/mol. The van der Waals surface area contributed by atoms with Crippen molar-refractivity contribution in [2.24, 2.45) is 5.92 Å². The summed E-state index contributed by atoms with van der Waals surface area (Å²) in [4.78, 5) is 37.3. The first-order valence-corrected chi connectivity index (χ1v) is 12.3. The van der Waals surface area contributed by atoms with E-state index in [4.69, 9.17) is 5.11 Å². The van der Waals surface area contributed by atoms with Gasteiger partial charge in [-0.1, -0.05) is 43.5 Å². The highest BCUT2D eigenvalue weighted by Crippen LogP contribution is 2.29. The lowest BCUT2D eigenvalue weighted by Gasteiger charge is -2.29. The SMILES string of the molecule is CN(C)c1ccc(-c2ccc(CN(C(=O)C3CCCCC3)c3cc(C=CC(=O)O)ccn3)cc2)cn1. The Labute approximate surface area is 212 Å². The molecule has 0 bridgehead atoms. The molecule has 1 fully saturated rings. The molecule has 36 heavy (non-hydrogen) atoms. The fraction of sp³-hybridized carbons (Fsp3) is 0.310. The van der Waals surface area contributed by atoms with E-state index in [1.165, 1.54) is 12.5 Å². The van der Waals surface area contributed by atoms with Gasteiger partial charge in [0.15, 0.2) is 0 Å². The maximum absolute atomic E-state index is 13.6. The third-order valence-corrected chi connectivity index (χ3v) is 6.52. The summed E-state index contributed by atoms with van der Waals surface area (Å²) in [5.41, 5.74) is 3.77. The second-order valence-electron chi connectivity index (χ2n) is 9.37.